The number of aromatic nitrogens is 1. The van der Waals surface area contributed by atoms with Crippen LogP contribution in [-0.2, 0) is 0 Å². The van der Waals surface area contributed by atoms with Crippen LogP contribution in [0.2, 0.25) is 5.02 Å². The molecule has 0 spiro atoms. The van der Waals surface area contributed by atoms with Gasteiger partial charge in [-0.1, -0.05) is 25.4 Å². The lowest BCUT2D eigenvalue weighted by molar-refractivity contribution is 0.449. The smallest absolute Gasteiger partial charge is 0.0589 e. The Kier molecular flexibility index (Phi) is 4.36. The normalized spacial score (nSPS) is 13.2. The van der Waals surface area contributed by atoms with Gasteiger partial charge in [-0.15, -0.1) is 0 Å². The molecule has 1 unspecified atom stereocenters. The van der Waals surface area contributed by atoms with Crippen LogP contribution in [-0.4, -0.2) is 12.0 Å². The highest BCUT2D eigenvalue weighted by atomic mass is 35.5. The number of rotatable bonds is 4. The fraction of sp³-hybridized carbons (Fsp3) is 0.545. The summed E-state index contributed by atoms with van der Waals surface area (Å²) < 4.78 is 0. The van der Waals surface area contributed by atoms with Gasteiger partial charge >= 0.3 is 0 Å². The van der Waals surface area contributed by atoms with E-state index in [-0.39, 0.29) is 0 Å². The number of hydrogen-bond acceptors (Lipinski definition) is 2. The van der Waals surface area contributed by atoms with E-state index in [9.17, 15) is 0 Å². The Morgan fingerprint density at radius 2 is 2.14 bits per heavy atom. The molecule has 0 saturated heterocycles. The van der Waals surface area contributed by atoms with Gasteiger partial charge in [0.1, 0.15) is 0 Å². The largest absolute Gasteiger partial charge is 0.312 e. The molecule has 1 heterocycles. The molecule has 2 nitrogen and oxygen atoms in total. The zero-order valence-corrected chi connectivity index (χ0v) is 9.67. The van der Waals surface area contributed by atoms with Crippen LogP contribution < -0.4 is 5.32 Å². The third-order valence-corrected chi connectivity index (χ3v) is 2.39. The molecule has 0 radical (unpaired) electrons. The Bertz CT molecular complexity index is 269. The van der Waals surface area contributed by atoms with Gasteiger partial charge in [-0.3, -0.25) is 4.98 Å². The molecule has 0 aliphatic heterocycles. The summed E-state index contributed by atoms with van der Waals surface area (Å²) in [6.07, 6.45) is 2.78. The highest BCUT2D eigenvalue weighted by Gasteiger charge is 2.11. The van der Waals surface area contributed by atoms with E-state index in [4.69, 9.17) is 11.6 Å². The maximum absolute atomic E-state index is 5.78. The Balaban J connectivity index is 2.73. The molecule has 0 aliphatic rings. The zero-order chi connectivity index (χ0) is 10.6. The van der Waals surface area contributed by atoms with E-state index >= 15 is 0 Å². The van der Waals surface area contributed by atoms with Gasteiger partial charge in [-0.25, -0.2) is 0 Å². The number of nitrogens with one attached hydrogen (secondary N) is 1. The summed E-state index contributed by atoms with van der Waals surface area (Å²) in [6.45, 7) is 4.42. The van der Waals surface area contributed by atoms with Crippen LogP contribution in [0.3, 0.4) is 0 Å². The summed E-state index contributed by atoms with van der Waals surface area (Å²) in [7, 11) is 1.96. The van der Waals surface area contributed by atoms with E-state index in [0.717, 1.165) is 12.1 Å². The molecule has 14 heavy (non-hydrogen) atoms. The number of hydrogen-bond donors (Lipinski definition) is 1. The lowest BCUT2D eigenvalue weighted by Gasteiger charge is -2.17. The molecule has 0 aromatic carbocycles. The summed E-state index contributed by atoms with van der Waals surface area (Å²) in [5, 5.41) is 3.95. The summed E-state index contributed by atoms with van der Waals surface area (Å²) in [5.74, 6) is 0.657. The first-order chi connectivity index (χ1) is 6.63. The summed E-state index contributed by atoms with van der Waals surface area (Å²) in [5.41, 5.74) is 1.06. The second-order valence-electron chi connectivity index (χ2n) is 3.87. The van der Waals surface area contributed by atoms with Gasteiger partial charge in [0.25, 0.3) is 0 Å². The first kappa shape index (κ1) is 11.5. The minimum absolute atomic E-state index is 0.326. The van der Waals surface area contributed by atoms with Gasteiger partial charge in [0, 0.05) is 12.2 Å². The van der Waals surface area contributed by atoms with Gasteiger partial charge in [0.15, 0.2) is 0 Å². The Morgan fingerprint density at radius 3 is 2.57 bits per heavy atom. The molecule has 1 atom stereocenters. The predicted molar refractivity (Wildman–Crippen MR) is 60.5 cm³/mol. The van der Waals surface area contributed by atoms with Crippen molar-refractivity contribution in [2.75, 3.05) is 7.05 Å². The molecule has 78 valence electrons. The highest BCUT2D eigenvalue weighted by Crippen LogP contribution is 2.19. The van der Waals surface area contributed by atoms with Gasteiger partial charge in [-0.05, 0) is 31.5 Å². The Hall–Kier alpha value is -0.600. The molecule has 0 amide bonds. The minimum atomic E-state index is 0.326. The minimum Gasteiger partial charge on any atom is -0.312 e. The maximum atomic E-state index is 5.78. The summed E-state index contributed by atoms with van der Waals surface area (Å²) in [6, 6.07) is 4.19. The van der Waals surface area contributed by atoms with E-state index in [1.807, 2.05) is 19.2 Å². The molecular formula is C11H17ClN2. The van der Waals surface area contributed by atoms with Crippen molar-refractivity contribution >= 4 is 11.6 Å². The fourth-order valence-corrected chi connectivity index (χ4v) is 1.56. The topological polar surface area (TPSA) is 24.9 Å². The maximum Gasteiger partial charge on any atom is 0.0589 e. The van der Waals surface area contributed by atoms with Crippen LogP contribution >= 0.6 is 11.6 Å². The molecule has 1 rings (SSSR count). The number of pyridine rings is 1. The molecule has 0 bridgehead atoms. The molecule has 0 fully saturated rings. The summed E-state index contributed by atoms with van der Waals surface area (Å²) in [4.78, 5) is 4.31. The quantitative estimate of drug-likeness (QED) is 0.830. The van der Waals surface area contributed by atoms with Crippen molar-refractivity contribution in [2.45, 2.75) is 26.3 Å². The van der Waals surface area contributed by atoms with Gasteiger partial charge < -0.3 is 5.32 Å². The van der Waals surface area contributed by atoms with Crippen LogP contribution in [0.1, 0.15) is 32.0 Å². The van der Waals surface area contributed by atoms with Crippen molar-refractivity contribution in [2.24, 2.45) is 5.92 Å². The average molecular weight is 213 g/mol. The number of nitrogens with zero attached hydrogens (tertiary/aromatic N) is 1. The van der Waals surface area contributed by atoms with Crippen molar-refractivity contribution in [3.05, 3.63) is 29.0 Å². The molecular weight excluding hydrogens is 196 g/mol. The van der Waals surface area contributed by atoms with E-state index in [0.29, 0.717) is 17.0 Å². The Labute approximate surface area is 90.7 Å². The third-order valence-electron chi connectivity index (χ3n) is 2.16. The van der Waals surface area contributed by atoms with Crippen LogP contribution in [0.5, 0.6) is 0 Å². The zero-order valence-electron chi connectivity index (χ0n) is 8.92. The van der Waals surface area contributed by atoms with Gasteiger partial charge in [-0.2, -0.15) is 0 Å². The van der Waals surface area contributed by atoms with Crippen molar-refractivity contribution in [3.63, 3.8) is 0 Å². The predicted octanol–water partition coefficient (Wildman–Crippen LogP) is 3.04. The van der Waals surface area contributed by atoms with Gasteiger partial charge in [0.05, 0.1) is 10.7 Å². The molecule has 1 aromatic heterocycles. The van der Waals surface area contributed by atoms with Crippen molar-refractivity contribution < 1.29 is 0 Å². The second-order valence-corrected chi connectivity index (χ2v) is 4.31. The van der Waals surface area contributed by atoms with Crippen LogP contribution in [0, 0.1) is 5.92 Å². The fourth-order valence-electron chi connectivity index (χ4n) is 1.45. The third kappa shape index (κ3) is 3.28. The number of halogens is 1. The van der Waals surface area contributed by atoms with E-state index in [1.165, 1.54) is 0 Å². The van der Waals surface area contributed by atoms with Crippen molar-refractivity contribution in [1.29, 1.82) is 0 Å². The molecule has 0 aliphatic carbocycles. The first-order valence-electron chi connectivity index (χ1n) is 4.92. The van der Waals surface area contributed by atoms with E-state index in [1.54, 1.807) is 6.20 Å². The van der Waals surface area contributed by atoms with Gasteiger partial charge in [0.2, 0.25) is 0 Å². The van der Waals surface area contributed by atoms with Crippen LogP contribution in [0.25, 0.3) is 0 Å². The first-order valence-corrected chi connectivity index (χ1v) is 5.30. The second kappa shape index (κ2) is 5.32. The highest BCUT2D eigenvalue weighted by molar-refractivity contribution is 6.30. The van der Waals surface area contributed by atoms with Crippen molar-refractivity contribution in [1.82, 2.24) is 10.3 Å². The SMILES string of the molecule is CNC(CC(C)C)c1ccc(Cl)cn1. The lowest BCUT2D eigenvalue weighted by atomic mass is 10.0. The van der Waals surface area contributed by atoms with Crippen molar-refractivity contribution in [3.8, 4) is 0 Å². The summed E-state index contributed by atoms with van der Waals surface area (Å²) >= 11 is 5.78. The molecule has 1 N–H and O–H groups in total. The average Bonchev–Trinajstić information content (AvgIpc) is 2.15. The molecule has 0 saturated carbocycles. The molecule has 3 heteroatoms. The standard InChI is InChI=1S/C11H17ClN2/c1-8(2)6-11(13-3)10-5-4-9(12)7-14-10/h4-5,7-8,11,13H,6H2,1-3H3. The van der Waals surface area contributed by atoms with E-state index in [2.05, 4.69) is 24.1 Å². The van der Waals surface area contributed by atoms with Crippen LogP contribution in [0.4, 0.5) is 0 Å². The lowest BCUT2D eigenvalue weighted by Crippen LogP contribution is -2.19. The van der Waals surface area contributed by atoms with Crippen LogP contribution in [0.15, 0.2) is 18.3 Å². The van der Waals surface area contributed by atoms with E-state index < -0.39 is 0 Å². The molecule has 1 aromatic rings. The Morgan fingerprint density at radius 1 is 1.43 bits per heavy atom. The monoisotopic (exact) mass is 212 g/mol.